The number of rotatable bonds is 4. The maximum Gasteiger partial charge on any atom is 0.250 e. The van der Waals surface area contributed by atoms with Gasteiger partial charge in [-0.05, 0) is 30.5 Å². The van der Waals surface area contributed by atoms with Crippen molar-refractivity contribution in [3.05, 3.63) is 40.9 Å². The first-order chi connectivity index (χ1) is 12.8. The minimum Gasteiger partial charge on any atom is -0.324 e. The lowest BCUT2D eigenvalue weighted by Crippen LogP contribution is -2.53. The first-order valence-corrected chi connectivity index (χ1v) is 9.95. The summed E-state index contributed by atoms with van der Waals surface area (Å²) in [5, 5.41) is 6.33. The van der Waals surface area contributed by atoms with Crippen LogP contribution in [-0.4, -0.2) is 35.2 Å². The highest BCUT2D eigenvalue weighted by Gasteiger charge is 2.70. The fourth-order valence-corrected chi connectivity index (χ4v) is 5.21. The predicted molar refractivity (Wildman–Crippen MR) is 105 cm³/mol. The number of anilines is 1. The molecule has 1 spiro atoms. The van der Waals surface area contributed by atoms with E-state index in [0.717, 1.165) is 10.0 Å². The van der Waals surface area contributed by atoms with Crippen LogP contribution in [0.5, 0.6) is 0 Å². The van der Waals surface area contributed by atoms with Gasteiger partial charge in [0.1, 0.15) is 5.54 Å². The van der Waals surface area contributed by atoms with E-state index in [1.165, 1.54) is 4.90 Å². The molecule has 2 saturated heterocycles. The predicted octanol–water partition coefficient (Wildman–Crippen LogP) is 2.40. The number of imide groups is 1. The van der Waals surface area contributed by atoms with E-state index < -0.39 is 17.4 Å². The number of benzene rings is 1. The molecule has 2 N–H and O–H groups in total. The van der Waals surface area contributed by atoms with Gasteiger partial charge in [-0.1, -0.05) is 35.9 Å². The molecule has 6 nitrogen and oxygen atoms in total. The van der Waals surface area contributed by atoms with Crippen molar-refractivity contribution in [2.75, 3.05) is 11.9 Å². The van der Waals surface area contributed by atoms with Gasteiger partial charge >= 0.3 is 0 Å². The Morgan fingerprint density at radius 3 is 2.70 bits per heavy atom. The molecule has 0 aromatic heterocycles. The number of hydrogen-bond acceptors (Lipinski definition) is 4. The molecule has 0 aliphatic carbocycles. The summed E-state index contributed by atoms with van der Waals surface area (Å²) in [6.07, 6.45) is 2.26. The Hall–Kier alpha value is -1.99. The van der Waals surface area contributed by atoms with E-state index in [1.807, 2.05) is 18.2 Å². The van der Waals surface area contributed by atoms with Crippen molar-refractivity contribution in [2.24, 2.45) is 17.8 Å². The van der Waals surface area contributed by atoms with Gasteiger partial charge < -0.3 is 5.32 Å². The summed E-state index contributed by atoms with van der Waals surface area (Å²) < 4.78 is 0.822. The van der Waals surface area contributed by atoms with Crippen molar-refractivity contribution in [1.29, 1.82) is 0 Å². The molecule has 2 fully saturated rings. The number of fused-ring (bicyclic) bond motifs is 4. The number of hydrogen-bond donors (Lipinski definition) is 2. The Morgan fingerprint density at radius 1 is 1.30 bits per heavy atom. The van der Waals surface area contributed by atoms with Crippen LogP contribution in [0.2, 0.25) is 0 Å². The molecule has 1 aromatic carbocycles. The second kappa shape index (κ2) is 6.27. The van der Waals surface area contributed by atoms with E-state index in [4.69, 9.17) is 0 Å². The molecule has 0 radical (unpaired) electrons. The van der Waals surface area contributed by atoms with Crippen LogP contribution in [0.4, 0.5) is 5.69 Å². The Bertz CT molecular complexity index is 868. The van der Waals surface area contributed by atoms with Crippen LogP contribution in [0.1, 0.15) is 25.8 Å². The van der Waals surface area contributed by atoms with Crippen LogP contribution in [0.25, 0.3) is 0 Å². The summed E-state index contributed by atoms with van der Waals surface area (Å²) >= 11 is 3.46. The zero-order valence-electron chi connectivity index (χ0n) is 15.3. The van der Waals surface area contributed by atoms with Gasteiger partial charge in [0.15, 0.2) is 0 Å². The van der Waals surface area contributed by atoms with E-state index in [2.05, 4.69) is 47.0 Å². The molecule has 27 heavy (non-hydrogen) atoms. The molecule has 3 amide bonds. The van der Waals surface area contributed by atoms with Gasteiger partial charge in [-0.25, -0.2) is 0 Å². The zero-order chi connectivity index (χ0) is 19.5. The van der Waals surface area contributed by atoms with Crippen LogP contribution < -0.4 is 10.6 Å². The molecule has 0 saturated carbocycles. The van der Waals surface area contributed by atoms with E-state index >= 15 is 0 Å². The molecule has 0 bridgehead atoms. The van der Waals surface area contributed by atoms with E-state index in [-0.39, 0.29) is 30.3 Å². The number of carbonyl (C=O) groups excluding carboxylic acids is 3. The number of nitrogens with zero attached hydrogens (tertiary/aromatic N) is 1. The second-order valence-electron chi connectivity index (χ2n) is 7.91. The first-order valence-electron chi connectivity index (χ1n) is 9.16. The fourth-order valence-electron chi connectivity index (χ4n) is 4.85. The minimum absolute atomic E-state index is 0.169. The maximum atomic E-state index is 13.2. The standard InChI is InChI=1S/C20H22BrN3O3/c1-4-7-24-17(25)15-14(8-10(2)3)23-20(16(15)18(24)26)12-9-11(21)5-6-13(12)22-19(20)27/h4-6,9-10,14-16,23H,1,7-8H2,2-3H3,(H,22,27)/t14-,15+,16-,20+/m0/s1. The third kappa shape index (κ3) is 2.44. The van der Waals surface area contributed by atoms with Gasteiger partial charge in [0, 0.05) is 28.3 Å². The molecule has 4 atom stereocenters. The molecule has 3 aliphatic rings. The Labute approximate surface area is 166 Å². The molecule has 0 unspecified atom stereocenters. The van der Waals surface area contributed by atoms with Gasteiger partial charge in [0.25, 0.3) is 0 Å². The molecule has 4 rings (SSSR count). The summed E-state index contributed by atoms with van der Waals surface area (Å²) in [6, 6.07) is 5.29. The molecule has 7 heteroatoms. The van der Waals surface area contributed by atoms with Crippen LogP contribution in [0, 0.1) is 17.8 Å². The molecule has 3 heterocycles. The Balaban J connectivity index is 1.89. The van der Waals surface area contributed by atoms with Crippen molar-refractivity contribution in [3.8, 4) is 0 Å². The molecule has 142 valence electrons. The summed E-state index contributed by atoms with van der Waals surface area (Å²) in [4.78, 5) is 40.7. The smallest absolute Gasteiger partial charge is 0.250 e. The van der Waals surface area contributed by atoms with Crippen molar-refractivity contribution >= 4 is 39.3 Å². The highest BCUT2D eigenvalue weighted by atomic mass is 79.9. The normalized spacial score (nSPS) is 31.6. The molecular formula is C20H22BrN3O3. The van der Waals surface area contributed by atoms with Gasteiger partial charge in [0.2, 0.25) is 17.7 Å². The summed E-state index contributed by atoms with van der Waals surface area (Å²) in [6.45, 7) is 7.97. The topological polar surface area (TPSA) is 78.5 Å². The third-order valence-electron chi connectivity index (χ3n) is 5.81. The average Bonchev–Trinajstić information content (AvgIpc) is 3.16. The molecule has 1 aromatic rings. The minimum atomic E-state index is -1.22. The number of carbonyl (C=O) groups is 3. The fraction of sp³-hybridized carbons (Fsp3) is 0.450. The Morgan fingerprint density at radius 2 is 2.04 bits per heavy atom. The van der Waals surface area contributed by atoms with E-state index in [1.54, 1.807) is 6.08 Å². The van der Waals surface area contributed by atoms with Crippen LogP contribution >= 0.6 is 15.9 Å². The lowest BCUT2D eigenvalue weighted by atomic mass is 9.76. The van der Waals surface area contributed by atoms with E-state index in [0.29, 0.717) is 18.0 Å². The van der Waals surface area contributed by atoms with Crippen molar-refractivity contribution in [1.82, 2.24) is 10.2 Å². The third-order valence-corrected chi connectivity index (χ3v) is 6.30. The maximum absolute atomic E-state index is 13.2. The first kappa shape index (κ1) is 18.4. The Kier molecular flexibility index (Phi) is 4.27. The number of nitrogens with one attached hydrogen (secondary N) is 2. The van der Waals surface area contributed by atoms with Crippen molar-refractivity contribution in [2.45, 2.75) is 31.8 Å². The van der Waals surface area contributed by atoms with Crippen molar-refractivity contribution < 1.29 is 14.4 Å². The second-order valence-corrected chi connectivity index (χ2v) is 8.83. The van der Waals surface area contributed by atoms with Crippen LogP contribution in [-0.2, 0) is 19.9 Å². The SMILES string of the molecule is C=CCN1C(=O)[C@@H]2[C@H](CC(C)C)N[C@@]3(C(=O)Nc4ccc(Br)cc43)[C@@H]2C1=O. The largest absolute Gasteiger partial charge is 0.324 e. The highest BCUT2D eigenvalue weighted by Crippen LogP contribution is 2.54. The van der Waals surface area contributed by atoms with Crippen LogP contribution in [0.3, 0.4) is 0 Å². The van der Waals surface area contributed by atoms with Crippen LogP contribution in [0.15, 0.2) is 35.3 Å². The van der Waals surface area contributed by atoms with Gasteiger partial charge in [0.05, 0.1) is 11.8 Å². The zero-order valence-corrected chi connectivity index (χ0v) is 16.9. The van der Waals surface area contributed by atoms with Gasteiger partial charge in [-0.15, -0.1) is 6.58 Å². The highest BCUT2D eigenvalue weighted by molar-refractivity contribution is 9.10. The number of halogens is 1. The summed E-state index contributed by atoms with van der Waals surface area (Å²) in [5.74, 6) is -1.75. The molecule has 3 aliphatic heterocycles. The van der Waals surface area contributed by atoms with Crippen molar-refractivity contribution in [3.63, 3.8) is 0 Å². The van der Waals surface area contributed by atoms with Gasteiger partial charge in [-0.2, -0.15) is 0 Å². The number of likely N-dealkylation sites (tertiary alicyclic amines) is 1. The monoisotopic (exact) mass is 431 g/mol. The average molecular weight is 432 g/mol. The molecular weight excluding hydrogens is 410 g/mol. The lowest BCUT2D eigenvalue weighted by molar-refractivity contribution is -0.142. The summed E-state index contributed by atoms with van der Waals surface area (Å²) in [7, 11) is 0. The van der Waals surface area contributed by atoms with Gasteiger partial charge in [-0.3, -0.25) is 24.6 Å². The number of amides is 3. The van der Waals surface area contributed by atoms with E-state index in [9.17, 15) is 14.4 Å². The quantitative estimate of drug-likeness (QED) is 0.566. The summed E-state index contributed by atoms with van der Waals surface area (Å²) in [5.41, 5.74) is 0.193. The lowest BCUT2D eigenvalue weighted by Gasteiger charge is -2.29.